The number of rotatable bonds is 6. The number of para-hydroxylation sites is 1. The SMILES string of the molecule is Cc1cc(NC(=O)[C@H](Cc2c[nH]c3ccccc23)NC(=O)C2CC2)no1. The fraction of sp³-hybridized carbons (Fsp3) is 0.316. The summed E-state index contributed by atoms with van der Waals surface area (Å²) in [7, 11) is 0. The van der Waals surface area contributed by atoms with Gasteiger partial charge < -0.3 is 20.1 Å². The number of amides is 2. The Morgan fingerprint density at radius 1 is 1.35 bits per heavy atom. The molecule has 3 aromatic rings. The van der Waals surface area contributed by atoms with Crippen molar-refractivity contribution in [1.82, 2.24) is 15.5 Å². The van der Waals surface area contributed by atoms with Gasteiger partial charge >= 0.3 is 0 Å². The van der Waals surface area contributed by atoms with Crippen LogP contribution in [-0.4, -0.2) is 28.0 Å². The molecule has 0 unspecified atom stereocenters. The number of hydrogen-bond donors (Lipinski definition) is 3. The molecule has 3 N–H and O–H groups in total. The molecule has 0 saturated heterocycles. The Labute approximate surface area is 150 Å². The molecular formula is C19H20N4O3. The number of carbonyl (C=O) groups excluding carboxylic acids is 2. The van der Waals surface area contributed by atoms with Crippen molar-refractivity contribution in [1.29, 1.82) is 0 Å². The van der Waals surface area contributed by atoms with Gasteiger partial charge in [0, 0.05) is 35.5 Å². The summed E-state index contributed by atoms with van der Waals surface area (Å²) >= 11 is 0. The number of anilines is 1. The van der Waals surface area contributed by atoms with Crippen LogP contribution in [0.2, 0.25) is 0 Å². The van der Waals surface area contributed by atoms with Gasteiger partial charge in [0.15, 0.2) is 5.82 Å². The minimum absolute atomic E-state index is 0.0302. The third-order valence-electron chi connectivity index (χ3n) is 4.56. The molecule has 1 atom stereocenters. The lowest BCUT2D eigenvalue weighted by Crippen LogP contribution is -2.45. The normalized spacial score (nSPS) is 15.0. The van der Waals surface area contributed by atoms with Crippen molar-refractivity contribution in [2.75, 3.05) is 5.32 Å². The molecule has 1 aliphatic rings. The van der Waals surface area contributed by atoms with Gasteiger partial charge in [-0.25, -0.2) is 0 Å². The summed E-state index contributed by atoms with van der Waals surface area (Å²) in [5.41, 5.74) is 1.98. The molecule has 7 nitrogen and oxygen atoms in total. The third kappa shape index (κ3) is 3.46. The summed E-state index contributed by atoms with van der Waals surface area (Å²) < 4.78 is 4.98. The number of H-pyrrole nitrogens is 1. The van der Waals surface area contributed by atoms with Crippen molar-refractivity contribution in [3.8, 4) is 0 Å². The van der Waals surface area contributed by atoms with Gasteiger partial charge in [-0.2, -0.15) is 0 Å². The first-order valence-corrected chi connectivity index (χ1v) is 8.69. The topological polar surface area (TPSA) is 100 Å². The summed E-state index contributed by atoms with van der Waals surface area (Å²) in [5.74, 6) is 0.606. The molecule has 0 spiro atoms. The second kappa shape index (κ2) is 6.67. The Morgan fingerprint density at radius 2 is 2.15 bits per heavy atom. The van der Waals surface area contributed by atoms with Gasteiger partial charge in [0.25, 0.3) is 0 Å². The van der Waals surface area contributed by atoms with Crippen LogP contribution in [0.15, 0.2) is 41.1 Å². The van der Waals surface area contributed by atoms with E-state index in [9.17, 15) is 9.59 Å². The predicted octanol–water partition coefficient (Wildman–Crippen LogP) is 2.54. The lowest BCUT2D eigenvalue weighted by Gasteiger charge is -2.17. The molecule has 134 valence electrons. The van der Waals surface area contributed by atoms with E-state index in [4.69, 9.17) is 4.52 Å². The van der Waals surface area contributed by atoms with Crippen molar-refractivity contribution in [2.45, 2.75) is 32.2 Å². The van der Waals surface area contributed by atoms with Gasteiger partial charge in [0.05, 0.1) is 0 Å². The summed E-state index contributed by atoms with van der Waals surface area (Å²) in [5, 5.41) is 10.4. The fourth-order valence-electron chi connectivity index (χ4n) is 3.00. The molecule has 2 aromatic heterocycles. The molecule has 2 amide bonds. The highest BCUT2D eigenvalue weighted by Crippen LogP contribution is 2.29. The van der Waals surface area contributed by atoms with Crippen molar-refractivity contribution in [3.05, 3.63) is 47.9 Å². The van der Waals surface area contributed by atoms with Crippen LogP contribution in [-0.2, 0) is 16.0 Å². The average molecular weight is 352 g/mol. The van der Waals surface area contributed by atoms with Crippen molar-refractivity contribution in [2.24, 2.45) is 5.92 Å². The number of fused-ring (bicyclic) bond motifs is 1. The van der Waals surface area contributed by atoms with E-state index < -0.39 is 6.04 Å². The van der Waals surface area contributed by atoms with Gasteiger partial charge in [-0.15, -0.1) is 0 Å². The molecular weight excluding hydrogens is 332 g/mol. The van der Waals surface area contributed by atoms with Gasteiger partial charge in [0.1, 0.15) is 11.8 Å². The molecule has 1 saturated carbocycles. The quantitative estimate of drug-likeness (QED) is 0.635. The summed E-state index contributed by atoms with van der Waals surface area (Å²) in [4.78, 5) is 28.2. The molecule has 2 heterocycles. The van der Waals surface area contributed by atoms with Crippen molar-refractivity contribution >= 4 is 28.5 Å². The number of nitrogens with one attached hydrogen (secondary N) is 3. The average Bonchev–Trinajstić information content (AvgIpc) is 3.30. The molecule has 4 rings (SSSR count). The zero-order chi connectivity index (χ0) is 18.1. The second-order valence-electron chi connectivity index (χ2n) is 6.71. The highest BCUT2D eigenvalue weighted by atomic mass is 16.5. The molecule has 26 heavy (non-hydrogen) atoms. The molecule has 0 radical (unpaired) electrons. The van der Waals surface area contributed by atoms with Gasteiger partial charge in [0.2, 0.25) is 11.8 Å². The Morgan fingerprint density at radius 3 is 2.88 bits per heavy atom. The highest BCUT2D eigenvalue weighted by Gasteiger charge is 2.33. The summed E-state index contributed by atoms with van der Waals surface area (Å²) in [6.45, 7) is 1.75. The minimum atomic E-state index is -0.681. The van der Waals surface area contributed by atoms with E-state index in [0.29, 0.717) is 18.0 Å². The molecule has 1 aliphatic carbocycles. The van der Waals surface area contributed by atoms with E-state index in [1.165, 1.54) is 0 Å². The minimum Gasteiger partial charge on any atom is -0.361 e. The lowest BCUT2D eigenvalue weighted by atomic mass is 10.0. The van der Waals surface area contributed by atoms with Crippen LogP contribution >= 0.6 is 0 Å². The van der Waals surface area contributed by atoms with Gasteiger partial charge in [-0.05, 0) is 31.4 Å². The standard InChI is InChI=1S/C19H20N4O3/c1-11-8-17(23-26-11)22-19(25)16(21-18(24)12-6-7-12)9-13-10-20-15-5-3-2-4-14(13)15/h2-5,8,10,12,16,20H,6-7,9H2,1H3,(H,21,24)(H,22,23,25)/t16-/m0/s1. The zero-order valence-electron chi connectivity index (χ0n) is 14.4. The van der Waals surface area contributed by atoms with E-state index in [1.54, 1.807) is 13.0 Å². The molecule has 7 heteroatoms. The van der Waals surface area contributed by atoms with E-state index >= 15 is 0 Å². The largest absolute Gasteiger partial charge is 0.361 e. The second-order valence-corrected chi connectivity index (χ2v) is 6.71. The monoisotopic (exact) mass is 352 g/mol. The maximum atomic E-state index is 12.7. The maximum Gasteiger partial charge on any atom is 0.248 e. The van der Waals surface area contributed by atoms with Crippen LogP contribution in [0.25, 0.3) is 10.9 Å². The Balaban J connectivity index is 1.55. The predicted molar refractivity (Wildman–Crippen MR) is 96.5 cm³/mol. The molecule has 0 aliphatic heterocycles. The lowest BCUT2D eigenvalue weighted by molar-refractivity contribution is -0.127. The number of nitrogens with zero attached hydrogens (tertiary/aromatic N) is 1. The zero-order valence-corrected chi connectivity index (χ0v) is 14.4. The number of carbonyl (C=O) groups is 2. The van der Waals surface area contributed by atoms with Crippen LogP contribution in [0, 0.1) is 12.8 Å². The number of benzene rings is 1. The highest BCUT2D eigenvalue weighted by molar-refractivity contribution is 5.97. The molecule has 1 fully saturated rings. The third-order valence-corrected chi connectivity index (χ3v) is 4.56. The number of aromatic nitrogens is 2. The Hall–Kier alpha value is -3.09. The maximum absolute atomic E-state index is 12.7. The number of aryl methyl sites for hydroxylation is 1. The van der Waals surface area contributed by atoms with E-state index in [2.05, 4.69) is 20.8 Å². The summed E-state index contributed by atoms with van der Waals surface area (Å²) in [6, 6.07) is 8.85. The first-order valence-electron chi connectivity index (χ1n) is 8.69. The van der Waals surface area contributed by atoms with Crippen LogP contribution < -0.4 is 10.6 Å². The number of hydrogen-bond acceptors (Lipinski definition) is 4. The van der Waals surface area contributed by atoms with Crippen molar-refractivity contribution in [3.63, 3.8) is 0 Å². The molecule has 0 bridgehead atoms. The smallest absolute Gasteiger partial charge is 0.248 e. The van der Waals surface area contributed by atoms with Crippen LogP contribution in [0.3, 0.4) is 0 Å². The first-order chi connectivity index (χ1) is 12.6. The van der Waals surface area contributed by atoms with Crippen LogP contribution in [0.5, 0.6) is 0 Å². The van der Waals surface area contributed by atoms with Crippen LogP contribution in [0.4, 0.5) is 5.82 Å². The van der Waals surface area contributed by atoms with E-state index in [0.717, 1.165) is 29.3 Å². The molecule has 1 aromatic carbocycles. The van der Waals surface area contributed by atoms with Gasteiger partial charge in [-0.3, -0.25) is 9.59 Å². The number of aromatic amines is 1. The Bertz CT molecular complexity index is 955. The van der Waals surface area contributed by atoms with E-state index in [1.807, 2.05) is 30.5 Å². The van der Waals surface area contributed by atoms with Crippen LogP contribution in [0.1, 0.15) is 24.2 Å². The van der Waals surface area contributed by atoms with E-state index in [-0.39, 0.29) is 17.7 Å². The Kier molecular flexibility index (Phi) is 4.20. The first kappa shape index (κ1) is 16.4. The fourth-order valence-corrected chi connectivity index (χ4v) is 3.00. The summed E-state index contributed by atoms with van der Waals surface area (Å²) in [6.07, 6.45) is 4.05. The van der Waals surface area contributed by atoms with Gasteiger partial charge in [-0.1, -0.05) is 23.4 Å². The van der Waals surface area contributed by atoms with Crippen molar-refractivity contribution < 1.29 is 14.1 Å².